The molecule has 7 heteroatoms. The van der Waals surface area contributed by atoms with Gasteiger partial charge in [-0.05, 0) is 30.7 Å². The van der Waals surface area contributed by atoms with Crippen LogP contribution in [0.4, 0.5) is 0 Å². The van der Waals surface area contributed by atoms with Crippen LogP contribution >= 0.6 is 0 Å². The topological polar surface area (TPSA) is 77.7 Å². The molecule has 0 N–H and O–H groups in total. The molecule has 1 amide bonds. The first-order valence-electron chi connectivity index (χ1n) is 8.81. The predicted octanol–water partition coefficient (Wildman–Crippen LogP) is 3.45. The van der Waals surface area contributed by atoms with E-state index in [1.807, 2.05) is 49.4 Å². The zero-order valence-corrected chi connectivity index (χ0v) is 15.6. The third-order valence-corrected chi connectivity index (χ3v) is 4.34. The fourth-order valence-electron chi connectivity index (χ4n) is 2.73. The van der Waals surface area contributed by atoms with Gasteiger partial charge in [0.05, 0.1) is 6.54 Å². The number of carbonyl (C=O) groups is 1. The summed E-state index contributed by atoms with van der Waals surface area (Å²) in [5.74, 6) is 2.10. The van der Waals surface area contributed by atoms with Crippen molar-refractivity contribution in [3.05, 3.63) is 65.6 Å². The largest absolute Gasteiger partial charge is 0.454 e. The Balaban J connectivity index is 1.38. The lowest BCUT2D eigenvalue weighted by Crippen LogP contribution is -2.24. The minimum Gasteiger partial charge on any atom is -0.454 e. The van der Waals surface area contributed by atoms with Crippen molar-refractivity contribution >= 4 is 12.0 Å². The molecule has 3 aromatic rings. The number of fused-ring (bicyclic) bond motifs is 1. The normalized spacial score (nSPS) is 12.5. The molecule has 0 saturated carbocycles. The van der Waals surface area contributed by atoms with Gasteiger partial charge in [-0.25, -0.2) is 0 Å². The van der Waals surface area contributed by atoms with Crippen molar-refractivity contribution in [3.63, 3.8) is 0 Å². The molecule has 28 heavy (non-hydrogen) atoms. The number of amides is 1. The quantitative estimate of drug-likeness (QED) is 0.634. The first-order valence-corrected chi connectivity index (χ1v) is 8.81. The van der Waals surface area contributed by atoms with Crippen LogP contribution in [0.3, 0.4) is 0 Å². The summed E-state index contributed by atoms with van der Waals surface area (Å²) >= 11 is 0. The second-order valence-electron chi connectivity index (χ2n) is 6.52. The van der Waals surface area contributed by atoms with Crippen LogP contribution in [0.25, 0.3) is 17.5 Å². The molecule has 0 fully saturated rings. The van der Waals surface area contributed by atoms with E-state index < -0.39 is 0 Å². The van der Waals surface area contributed by atoms with Gasteiger partial charge in [-0.3, -0.25) is 4.79 Å². The average molecular weight is 377 g/mol. The lowest BCUT2D eigenvalue weighted by atomic mass is 10.1. The summed E-state index contributed by atoms with van der Waals surface area (Å²) in [5, 5.41) is 3.99. The van der Waals surface area contributed by atoms with Crippen LogP contribution in [0.1, 0.15) is 17.0 Å². The third-order valence-electron chi connectivity index (χ3n) is 4.34. The van der Waals surface area contributed by atoms with E-state index in [0.717, 1.165) is 16.7 Å². The first kappa shape index (κ1) is 17.8. The predicted molar refractivity (Wildman–Crippen MR) is 103 cm³/mol. The summed E-state index contributed by atoms with van der Waals surface area (Å²) in [6, 6.07) is 13.4. The smallest absolute Gasteiger partial charge is 0.246 e. The Hall–Kier alpha value is -3.61. The van der Waals surface area contributed by atoms with Crippen molar-refractivity contribution in [2.45, 2.75) is 13.5 Å². The van der Waals surface area contributed by atoms with Crippen LogP contribution in [0.5, 0.6) is 11.5 Å². The van der Waals surface area contributed by atoms with Crippen LogP contribution < -0.4 is 9.47 Å². The number of likely N-dealkylation sites (N-methyl/N-ethyl adjacent to an activating group) is 1. The lowest BCUT2D eigenvalue weighted by Gasteiger charge is -2.11. The van der Waals surface area contributed by atoms with E-state index in [0.29, 0.717) is 23.2 Å². The van der Waals surface area contributed by atoms with E-state index in [9.17, 15) is 4.79 Å². The summed E-state index contributed by atoms with van der Waals surface area (Å²) in [5.41, 5.74) is 2.88. The number of aromatic nitrogens is 2. The number of hydrogen-bond donors (Lipinski definition) is 0. The summed E-state index contributed by atoms with van der Waals surface area (Å²) in [4.78, 5) is 18.2. The molecule has 0 radical (unpaired) electrons. The Morgan fingerprint density at radius 2 is 1.93 bits per heavy atom. The summed E-state index contributed by atoms with van der Waals surface area (Å²) in [6.07, 6.45) is 3.22. The maximum absolute atomic E-state index is 12.4. The highest BCUT2D eigenvalue weighted by molar-refractivity contribution is 5.91. The van der Waals surface area contributed by atoms with E-state index in [1.54, 1.807) is 13.1 Å². The highest BCUT2D eigenvalue weighted by atomic mass is 16.7. The van der Waals surface area contributed by atoms with Gasteiger partial charge >= 0.3 is 0 Å². The molecule has 7 nitrogen and oxygen atoms in total. The molecule has 0 unspecified atom stereocenters. The van der Waals surface area contributed by atoms with Gasteiger partial charge in [0, 0.05) is 18.7 Å². The molecule has 0 spiro atoms. The van der Waals surface area contributed by atoms with Crippen LogP contribution in [0.15, 0.2) is 53.1 Å². The lowest BCUT2D eigenvalue weighted by molar-refractivity contribution is -0.125. The molecule has 2 heterocycles. The van der Waals surface area contributed by atoms with Crippen LogP contribution in [0.2, 0.25) is 0 Å². The maximum Gasteiger partial charge on any atom is 0.246 e. The van der Waals surface area contributed by atoms with Crippen molar-refractivity contribution in [1.82, 2.24) is 15.0 Å². The van der Waals surface area contributed by atoms with E-state index in [2.05, 4.69) is 10.1 Å². The fraction of sp³-hybridized carbons (Fsp3) is 0.190. The molecular weight excluding hydrogens is 358 g/mol. The second kappa shape index (κ2) is 7.56. The zero-order chi connectivity index (χ0) is 19.5. The number of benzene rings is 2. The Morgan fingerprint density at radius 1 is 1.14 bits per heavy atom. The molecule has 142 valence electrons. The highest BCUT2D eigenvalue weighted by Gasteiger charge is 2.14. The van der Waals surface area contributed by atoms with Crippen LogP contribution in [-0.2, 0) is 11.3 Å². The van der Waals surface area contributed by atoms with E-state index in [-0.39, 0.29) is 19.2 Å². The van der Waals surface area contributed by atoms with Crippen molar-refractivity contribution in [3.8, 4) is 22.9 Å². The molecule has 1 aliphatic heterocycles. The number of aryl methyl sites for hydroxylation is 1. The fourth-order valence-corrected chi connectivity index (χ4v) is 2.73. The molecule has 0 saturated heterocycles. The number of carbonyl (C=O) groups excluding carboxylic acids is 1. The van der Waals surface area contributed by atoms with Crippen molar-refractivity contribution in [2.24, 2.45) is 0 Å². The van der Waals surface area contributed by atoms with Crippen LogP contribution in [-0.4, -0.2) is 34.8 Å². The minimum atomic E-state index is -0.173. The van der Waals surface area contributed by atoms with Gasteiger partial charge in [0.15, 0.2) is 11.5 Å². The van der Waals surface area contributed by atoms with Gasteiger partial charge < -0.3 is 18.9 Å². The van der Waals surface area contributed by atoms with E-state index in [1.165, 1.54) is 11.0 Å². The SMILES string of the molecule is Cc1ccc(-c2noc(CN(C)C(=O)/C=C/c3ccc4c(c3)OCO4)n2)cc1. The molecular formula is C21H19N3O4. The molecule has 4 rings (SSSR count). The Morgan fingerprint density at radius 3 is 2.75 bits per heavy atom. The monoisotopic (exact) mass is 377 g/mol. The summed E-state index contributed by atoms with van der Waals surface area (Å²) in [6.45, 7) is 2.46. The van der Waals surface area contributed by atoms with Gasteiger partial charge in [-0.1, -0.05) is 41.1 Å². The molecule has 1 aliphatic rings. The number of nitrogens with zero attached hydrogens (tertiary/aromatic N) is 3. The standard InChI is InChI=1S/C21H19N3O4/c1-14-3-7-16(8-4-14)21-22-19(28-23-21)12-24(2)20(25)10-6-15-5-9-17-18(11-15)27-13-26-17/h3-11H,12-13H2,1-2H3/b10-6+. The van der Waals surface area contributed by atoms with E-state index in [4.69, 9.17) is 14.0 Å². The first-order chi connectivity index (χ1) is 13.6. The number of rotatable bonds is 5. The van der Waals surface area contributed by atoms with Gasteiger partial charge in [-0.2, -0.15) is 4.98 Å². The minimum absolute atomic E-state index is 0.173. The maximum atomic E-state index is 12.4. The van der Waals surface area contributed by atoms with Crippen molar-refractivity contribution < 1.29 is 18.8 Å². The summed E-state index contributed by atoms with van der Waals surface area (Å²) in [7, 11) is 1.68. The van der Waals surface area contributed by atoms with Crippen LogP contribution in [0, 0.1) is 6.92 Å². The second-order valence-corrected chi connectivity index (χ2v) is 6.52. The Labute approximate surface area is 162 Å². The molecule has 1 aromatic heterocycles. The molecule has 0 bridgehead atoms. The molecule has 0 aliphatic carbocycles. The Bertz CT molecular complexity index is 1020. The van der Waals surface area contributed by atoms with Crippen molar-refractivity contribution in [1.29, 1.82) is 0 Å². The third kappa shape index (κ3) is 3.88. The molecule has 2 aromatic carbocycles. The highest BCUT2D eigenvalue weighted by Crippen LogP contribution is 2.32. The van der Waals surface area contributed by atoms with E-state index >= 15 is 0 Å². The average Bonchev–Trinajstić information content (AvgIpc) is 3.35. The van der Waals surface area contributed by atoms with Crippen molar-refractivity contribution in [2.75, 3.05) is 13.8 Å². The molecule has 0 atom stereocenters. The van der Waals surface area contributed by atoms with Gasteiger partial charge in [-0.15, -0.1) is 0 Å². The Kier molecular flexibility index (Phi) is 4.80. The van der Waals surface area contributed by atoms with Gasteiger partial charge in [0.2, 0.25) is 24.4 Å². The number of hydrogen-bond acceptors (Lipinski definition) is 6. The zero-order valence-electron chi connectivity index (χ0n) is 15.6. The summed E-state index contributed by atoms with van der Waals surface area (Å²) < 4.78 is 15.9. The van der Waals surface area contributed by atoms with Gasteiger partial charge in [0.1, 0.15) is 0 Å². The number of ether oxygens (including phenoxy) is 2. The van der Waals surface area contributed by atoms with Gasteiger partial charge in [0.25, 0.3) is 0 Å².